The van der Waals surface area contributed by atoms with Crippen LogP contribution >= 0.6 is 0 Å². The van der Waals surface area contributed by atoms with E-state index in [9.17, 15) is 31.5 Å². The number of carbonyl (C=O) groups is 1. The number of halogens is 5. The number of nitrogens with one attached hydrogen (secondary N) is 2. The lowest BCUT2D eigenvalue weighted by molar-refractivity contribution is -0.141. The maximum Gasteiger partial charge on any atom is 0.431 e. The highest BCUT2D eigenvalue weighted by molar-refractivity contribution is 5.80. The molecule has 2 aliphatic rings. The first-order valence-corrected chi connectivity index (χ1v) is 9.96. The molecule has 0 bridgehead atoms. The van der Waals surface area contributed by atoms with Gasteiger partial charge in [-0.2, -0.15) is 13.2 Å². The van der Waals surface area contributed by atoms with Crippen LogP contribution in [0.15, 0.2) is 21.3 Å². The van der Waals surface area contributed by atoms with Crippen molar-refractivity contribution in [3.63, 3.8) is 0 Å². The summed E-state index contributed by atoms with van der Waals surface area (Å²) < 4.78 is 69.7. The van der Waals surface area contributed by atoms with E-state index in [1.807, 2.05) is 0 Å². The highest BCUT2D eigenvalue weighted by atomic mass is 19.4. The van der Waals surface area contributed by atoms with E-state index >= 15 is 0 Å². The molecule has 3 heterocycles. The quantitative estimate of drug-likeness (QED) is 0.673. The summed E-state index contributed by atoms with van der Waals surface area (Å²) in [4.78, 5) is 27.0. The fraction of sp³-hybridized carbons (Fsp3) is 0.579. The molecule has 2 N–H and O–H groups in total. The van der Waals surface area contributed by atoms with Gasteiger partial charge in [0.05, 0.1) is 12.0 Å². The molecule has 32 heavy (non-hydrogen) atoms. The van der Waals surface area contributed by atoms with Crippen LogP contribution < -0.4 is 10.9 Å². The average Bonchev–Trinajstić information content (AvgIpc) is 3.09. The Morgan fingerprint density at radius 1 is 1.28 bits per heavy atom. The zero-order valence-electron chi connectivity index (χ0n) is 17.4. The number of hydrogen-bond acceptors (Lipinski definition) is 6. The Bertz CT molecular complexity index is 1030. The van der Waals surface area contributed by atoms with Gasteiger partial charge in [0.15, 0.2) is 0 Å². The summed E-state index contributed by atoms with van der Waals surface area (Å²) in [6.07, 6.45) is -3.43. The third-order valence-electron chi connectivity index (χ3n) is 5.18. The molecule has 13 heteroatoms. The lowest BCUT2D eigenvalue weighted by atomic mass is 10.1. The number of nitrogens with zero attached hydrogens (tertiary/aromatic N) is 3. The van der Waals surface area contributed by atoms with Crippen LogP contribution in [0.3, 0.4) is 0 Å². The van der Waals surface area contributed by atoms with Crippen LogP contribution in [0.5, 0.6) is 0 Å². The number of pyridine rings is 1. The molecular weight excluding hydrogens is 441 g/mol. The van der Waals surface area contributed by atoms with Gasteiger partial charge in [-0.05, 0) is 18.6 Å². The predicted molar refractivity (Wildman–Crippen MR) is 103 cm³/mol. The summed E-state index contributed by atoms with van der Waals surface area (Å²) in [6.45, 7) is 4.16. The molecular formula is C19H22F5N5O3. The standard InChI is InChI=1S/C16H14F5N5O3.C3H8/c17-15(18)6-14(15)3-4-26(7-14)10(27)5-22-13-25-24-12(29-13)8-1-2-9(16(19,20)21)23-11(8)28;1-3-2/h1-2H,3-7H2,(H,22,25)(H,23,28);3H2,1-2H3. The molecule has 2 aromatic heterocycles. The van der Waals surface area contributed by atoms with Crippen molar-refractivity contribution in [2.24, 2.45) is 5.41 Å². The molecule has 2 fully saturated rings. The Balaban J connectivity index is 0.000000913. The number of hydrogen-bond donors (Lipinski definition) is 2. The number of rotatable bonds is 4. The Kier molecular flexibility index (Phi) is 6.29. The molecule has 1 atom stereocenters. The lowest BCUT2D eigenvalue weighted by Gasteiger charge is -2.16. The minimum atomic E-state index is -4.71. The van der Waals surface area contributed by atoms with Crippen molar-refractivity contribution < 1.29 is 31.2 Å². The molecule has 2 aromatic rings. The number of H-pyrrole nitrogens is 1. The van der Waals surface area contributed by atoms with E-state index in [1.54, 1.807) is 4.98 Å². The van der Waals surface area contributed by atoms with Gasteiger partial charge in [0.25, 0.3) is 17.4 Å². The Hall–Kier alpha value is -2.99. The van der Waals surface area contributed by atoms with Crippen LogP contribution in [0, 0.1) is 5.41 Å². The second kappa shape index (κ2) is 8.51. The Labute approximate surface area is 179 Å². The van der Waals surface area contributed by atoms with E-state index in [1.165, 1.54) is 11.3 Å². The van der Waals surface area contributed by atoms with Crippen LogP contribution in [-0.4, -0.2) is 51.5 Å². The first-order chi connectivity index (χ1) is 14.9. The molecule has 0 aromatic carbocycles. The molecule has 1 amide bonds. The zero-order valence-corrected chi connectivity index (χ0v) is 17.4. The van der Waals surface area contributed by atoms with Crippen LogP contribution in [0.2, 0.25) is 0 Å². The van der Waals surface area contributed by atoms with Crippen molar-refractivity contribution in [1.29, 1.82) is 0 Å². The van der Waals surface area contributed by atoms with Gasteiger partial charge in [-0.15, -0.1) is 5.10 Å². The summed E-state index contributed by atoms with van der Waals surface area (Å²) in [5.41, 5.74) is -3.68. The van der Waals surface area contributed by atoms with E-state index in [-0.39, 0.29) is 49.9 Å². The van der Waals surface area contributed by atoms with Crippen molar-refractivity contribution in [3.8, 4) is 11.5 Å². The zero-order chi connectivity index (χ0) is 23.7. The van der Waals surface area contributed by atoms with Crippen molar-refractivity contribution in [1.82, 2.24) is 20.1 Å². The normalized spacial score (nSPS) is 21.3. The first-order valence-electron chi connectivity index (χ1n) is 9.96. The highest BCUT2D eigenvalue weighted by Crippen LogP contribution is 2.65. The highest BCUT2D eigenvalue weighted by Gasteiger charge is 2.72. The third-order valence-corrected chi connectivity index (χ3v) is 5.18. The van der Waals surface area contributed by atoms with Gasteiger partial charge >= 0.3 is 12.2 Å². The van der Waals surface area contributed by atoms with Gasteiger partial charge in [0.1, 0.15) is 11.3 Å². The Morgan fingerprint density at radius 3 is 2.47 bits per heavy atom. The number of likely N-dealkylation sites (tertiary alicyclic amines) is 1. The molecule has 1 saturated heterocycles. The summed E-state index contributed by atoms with van der Waals surface area (Å²) in [5, 5.41) is 9.66. The number of amides is 1. The van der Waals surface area contributed by atoms with E-state index < -0.39 is 34.7 Å². The molecule has 0 radical (unpaired) electrons. The number of aromatic amines is 1. The van der Waals surface area contributed by atoms with Gasteiger partial charge in [-0.1, -0.05) is 25.4 Å². The van der Waals surface area contributed by atoms with Gasteiger partial charge in [-0.25, -0.2) is 8.78 Å². The molecule has 1 aliphatic heterocycles. The van der Waals surface area contributed by atoms with E-state index in [4.69, 9.17) is 4.42 Å². The van der Waals surface area contributed by atoms with Crippen LogP contribution in [0.25, 0.3) is 11.5 Å². The van der Waals surface area contributed by atoms with Crippen molar-refractivity contribution >= 4 is 11.9 Å². The van der Waals surface area contributed by atoms with Gasteiger partial charge in [-0.3, -0.25) is 9.59 Å². The molecule has 1 aliphatic carbocycles. The monoisotopic (exact) mass is 463 g/mol. The van der Waals surface area contributed by atoms with Crippen LogP contribution in [0.1, 0.15) is 38.8 Å². The molecule has 1 saturated carbocycles. The largest absolute Gasteiger partial charge is 0.431 e. The van der Waals surface area contributed by atoms with Crippen molar-refractivity contribution in [3.05, 3.63) is 28.2 Å². The lowest BCUT2D eigenvalue weighted by Crippen LogP contribution is -2.34. The van der Waals surface area contributed by atoms with Crippen molar-refractivity contribution in [2.75, 3.05) is 25.0 Å². The third kappa shape index (κ3) is 4.75. The predicted octanol–water partition coefficient (Wildman–Crippen LogP) is 3.53. The second-order valence-corrected chi connectivity index (χ2v) is 7.81. The summed E-state index contributed by atoms with van der Waals surface area (Å²) in [6, 6.07) is 1.32. The number of aromatic nitrogens is 3. The number of alkyl halides is 5. The fourth-order valence-electron chi connectivity index (χ4n) is 3.38. The first kappa shape index (κ1) is 23.7. The maximum absolute atomic E-state index is 13.4. The van der Waals surface area contributed by atoms with Gasteiger partial charge < -0.3 is 19.6 Å². The van der Waals surface area contributed by atoms with Crippen molar-refractivity contribution in [2.45, 2.75) is 45.2 Å². The minimum Gasteiger partial charge on any atom is -0.403 e. The smallest absolute Gasteiger partial charge is 0.403 e. The maximum atomic E-state index is 13.4. The molecule has 4 rings (SSSR count). The molecule has 1 spiro atoms. The molecule has 1 unspecified atom stereocenters. The summed E-state index contributed by atoms with van der Waals surface area (Å²) in [7, 11) is 0. The SMILES string of the molecule is CCC.O=C(CNc1nnc(-c2ccc(C(F)(F)F)[nH]c2=O)o1)N1CCC2(C1)CC2(F)F. The average molecular weight is 463 g/mol. The van der Waals surface area contributed by atoms with E-state index in [0.29, 0.717) is 6.07 Å². The fourth-order valence-corrected chi connectivity index (χ4v) is 3.38. The topological polar surface area (TPSA) is 104 Å². The summed E-state index contributed by atoms with van der Waals surface area (Å²) in [5.74, 6) is -3.50. The number of anilines is 1. The molecule has 176 valence electrons. The molecule has 8 nitrogen and oxygen atoms in total. The van der Waals surface area contributed by atoms with E-state index in [2.05, 4.69) is 29.4 Å². The summed E-state index contributed by atoms with van der Waals surface area (Å²) >= 11 is 0. The number of carbonyl (C=O) groups excluding carboxylic acids is 1. The van der Waals surface area contributed by atoms with Gasteiger partial charge in [0.2, 0.25) is 5.91 Å². The van der Waals surface area contributed by atoms with E-state index in [0.717, 1.165) is 6.07 Å². The Morgan fingerprint density at radius 2 is 1.94 bits per heavy atom. The minimum absolute atomic E-state index is 0.0173. The van der Waals surface area contributed by atoms with Crippen LogP contribution in [-0.2, 0) is 11.0 Å². The second-order valence-electron chi connectivity index (χ2n) is 7.81. The van der Waals surface area contributed by atoms with Gasteiger partial charge in [0, 0.05) is 19.5 Å². The van der Waals surface area contributed by atoms with Crippen LogP contribution in [0.4, 0.5) is 28.0 Å².